The zero-order valence-corrected chi connectivity index (χ0v) is 11.5. The summed E-state index contributed by atoms with van der Waals surface area (Å²) in [5, 5.41) is 14.7. The van der Waals surface area contributed by atoms with E-state index in [1.807, 2.05) is 12.1 Å². The molecule has 1 aliphatic carbocycles. The molecule has 0 saturated carbocycles. The van der Waals surface area contributed by atoms with Gasteiger partial charge in [-0.05, 0) is 36.8 Å². The number of rotatable bonds is 3. The SMILES string of the molecule is CC1CCC(NC(=O)N[C@@H](C)CO)c2ccccc21. The summed E-state index contributed by atoms with van der Waals surface area (Å²) in [6, 6.07) is 7.92. The van der Waals surface area contributed by atoms with E-state index in [4.69, 9.17) is 5.11 Å². The summed E-state index contributed by atoms with van der Waals surface area (Å²) in [5.41, 5.74) is 2.54. The smallest absolute Gasteiger partial charge is 0.315 e. The van der Waals surface area contributed by atoms with Crippen LogP contribution in [-0.2, 0) is 0 Å². The molecule has 4 heteroatoms. The number of fused-ring (bicyclic) bond motifs is 1. The van der Waals surface area contributed by atoms with Gasteiger partial charge in [-0.15, -0.1) is 0 Å². The Labute approximate surface area is 114 Å². The number of carbonyl (C=O) groups is 1. The predicted octanol–water partition coefficient (Wildman–Crippen LogP) is 2.31. The molecule has 0 heterocycles. The summed E-state index contributed by atoms with van der Waals surface area (Å²) in [7, 11) is 0. The quantitative estimate of drug-likeness (QED) is 0.782. The van der Waals surface area contributed by atoms with Gasteiger partial charge in [-0.3, -0.25) is 0 Å². The van der Waals surface area contributed by atoms with Gasteiger partial charge >= 0.3 is 6.03 Å². The molecule has 0 radical (unpaired) electrons. The van der Waals surface area contributed by atoms with E-state index >= 15 is 0 Å². The maximum atomic E-state index is 11.8. The largest absolute Gasteiger partial charge is 0.394 e. The van der Waals surface area contributed by atoms with Crippen molar-refractivity contribution in [1.29, 1.82) is 0 Å². The van der Waals surface area contributed by atoms with Crippen molar-refractivity contribution < 1.29 is 9.90 Å². The highest BCUT2D eigenvalue weighted by molar-refractivity contribution is 5.74. The highest BCUT2D eigenvalue weighted by Gasteiger charge is 2.25. The molecular formula is C15H22N2O2. The third kappa shape index (κ3) is 3.26. The number of aliphatic hydroxyl groups excluding tert-OH is 1. The number of amides is 2. The van der Waals surface area contributed by atoms with Crippen LogP contribution in [-0.4, -0.2) is 23.8 Å². The van der Waals surface area contributed by atoms with Crippen LogP contribution in [0.5, 0.6) is 0 Å². The molecule has 0 fully saturated rings. The Morgan fingerprint density at radius 2 is 2.05 bits per heavy atom. The maximum Gasteiger partial charge on any atom is 0.315 e. The van der Waals surface area contributed by atoms with E-state index in [0.29, 0.717) is 5.92 Å². The summed E-state index contributed by atoms with van der Waals surface area (Å²) in [6.45, 7) is 3.95. The molecule has 104 valence electrons. The monoisotopic (exact) mass is 262 g/mol. The summed E-state index contributed by atoms with van der Waals surface area (Å²) >= 11 is 0. The van der Waals surface area contributed by atoms with E-state index in [9.17, 15) is 4.79 Å². The molecule has 0 saturated heterocycles. The van der Waals surface area contributed by atoms with Crippen molar-refractivity contribution in [1.82, 2.24) is 10.6 Å². The lowest BCUT2D eigenvalue weighted by molar-refractivity contribution is 0.216. The van der Waals surface area contributed by atoms with E-state index in [1.165, 1.54) is 11.1 Å². The predicted molar refractivity (Wildman–Crippen MR) is 75.0 cm³/mol. The Balaban J connectivity index is 2.06. The molecule has 3 atom stereocenters. The second-order valence-corrected chi connectivity index (χ2v) is 5.36. The minimum Gasteiger partial charge on any atom is -0.394 e. The van der Waals surface area contributed by atoms with Gasteiger partial charge in [-0.25, -0.2) is 4.79 Å². The van der Waals surface area contributed by atoms with Crippen LogP contribution >= 0.6 is 0 Å². The van der Waals surface area contributed by atoms with Crippen LogP contribution in [0.1, 0.15) is 49.8 Å². The van der Waals surface area contributed by atoms with Gasteiger partial charge < -0.3 is 15.7 Å². The van der Waals surface area contributed by atoms with Gasteiger partial charge in [0.15, 0.2) is 0 Å². The van der Waals surface area contributed by atoms with E-state index in [-0.39, 0.29) is 24.7 Å². The number of aliphatic hydroxyl groups is 1. The van der Waals surface area contributed by atoms with Crippen LogP contribution in [0.15, 0.2) is 24.3 Å². The third-order valence-corrected chi connectivity index (χ3v) is 3.75. The second-order valence-electron chi connectivity index (χ2n) is 5.36. The van der Waals surface area contributed by atoms with Crippen LogP contribution in [0.25, 0.3) is 0 Å². The molecular weight excluding hydrogens is 240 g/mol. The standard InChI is InChI=1S/C15H22N2O2/c1-10-7-8-14(13-6-4-3-5-12(10)13)17-15(19)16-11(2)9-18/h3-6,10-11,14,18H,7-9H2,1-2H3,(H2,16,17,19)/t10?,11-,14?/m0/s1. The molecule has 0 spiro atoms. The number of urea groups is 1. The average Bonchev–Trinajstić information content (AvgIpc) is 2.42. The van der Waals surface area contributed by atoms with Gasteiger partial charge in [-0.2, -0.15) is 0 Å². The van der Waals surface area contributed by atoms with Gasteiger partial charge in [0, 0.05) is 0 Å². The van der Waals surface area contributed by atoms with Gasteiger partial charge in [0.25, 0.3) is 0 Å². The third-order valence-electron chi connectivity index (χ3n) is 3.75. The van der Waals surface area contributed by atoms with Crippen LogP contribution in [0.3, 0.4) is 0 Å². The summed E-state index contributed by atoms with van der Waals surface area (Å²) < 4.78 is 0. The van der Waals surface area contributed by atoms with Crippen molar-refractivity contribution in [2.75, 3.05) is 6.61 Å². The van der Waals surface area contributed by atoms with E-state index in [2.05, 4.69) is 29.7 Å². The lowest BCUT2D eigenvalue weighted by atomic mass is 9.81. The minimum absolute atomic E-state index is 0.0499. The molecule has 3 N–H and O–H groups in total. The summed E-state index contributed by atoms with van der Waals surface area (Å²) in [4.78, 5) is 11.8. The second kappa shape index (κ2) is 6.06. The number of hydrogen-bond donors (Lipinski definition) is 3. The van der Waals surface area contributed by atoms with Gasteiger partial charge in [0.2, 0.25) is 0 Å². The molecule has 19 heavy (non-hydrogen) atoms. The van der Waals surface area contributed by atoms with Gasteiger partial charge in [-0.1, -0.05) is 31.2 Å². The molecule has 0 aromatic heterocycles. The molecule has 2 amide bonds. The fraction of sp³-hybridized carbons (Fsp3) is 0.533. The first kappa shape index (κ1) is 13.9. The normalized spacial score (nSPS) is 23.3. The van der Waals surface area contributed by atoms with E-state index in [0.717, 1.165) is 12.8 Å². The first-order valence-electron chi connectivity index (χ1n) is 6.88. The molecule has 0 bridgehead atoms. The van der Waals surface area contributed by atoms with Crippen molar-refractivity contribution in [2.45, 2.75) is 44.7 Å². The Morgan fingerprint density at radius 3 is 2.74 bits per heavy atom. The fourth-order valence-electron chi connectivity index (χ4n) is 2.62. The van der Waals surface area contributed by atoms with Gasteiger partial charge in [0.05, 0.1) is 18.7 Å². The van der Waals surface area contributed by atoms with E-state index < -0.39 is 0 Å². The Hall–Kier alpha value is -1.55. The van der Waals surface area contributed by atoms with Crippen LogP contribution in [0.4, 0.5) is 4.79 Å². The lowest BCUT2D eigenvalue weighted by Gasteiger charge is -2.30. The van der Waals surface area contributed by atoms with Crippen LogP contribution in [0.2, 0.25) is 0 Å². The minimum atomic E-state index is -0.224. The van der Waals surface area contributed by atoms with E-state index in [1.54, 1.807) is 6.92 Å². The topological polar surface area (TPSA) is 61.4 Å². The fourth-order valence-corrected chi connectivity index (χ4v) is 2.62. The average molecular weight is 262 g/mol. The molecule has 2 rings (SSSR count). The Kier molecular flexibility index (Phi) is 4.43. The van der Waals surface area contributed by atoms with Gasteiger partial charge in [0.1, 0.15) is 0 Å². The number of benzene rings is 1. The maximum absolute atomic E-state index is 11.8. The summed E-state index contributed by atoms with van der Waals surface area (Å²) in [6.07, 6.45) is 2.04. The first-order valence-corrected chi connectivity index (χ1v) is 6.88. The molecule has 2 unspecified atom stereocenters. The highest BCUT2D eigenvalue weighted by Crippen LogP contribution is 2.36. The summed E-state index contributed by atoms with van der Waals surface area (Å²) in [5.74, 6) is 0.550. The van der Waals surface area contributed by atoms with Crippen molar-refractivity contribution in [2.24, 2.45) is 0 Å². The zero-order valence-electron chi connectivity index (χ0n) is 11.5. The zero-order chi connectivity index (χ0) is 13.8. The molecule has 1 aliphatic rings. The molecule has 0 aliphatic heterocycles. The number of hydrogen-bond acceptors (Lipinski definition) is 2. The van der Waals surface area contributed by atoms with Crippen molar-refractivity contribution in [3.05, 3.63) is 35.4 Å². The van der Waals surface area contributed by atoms with Crippen molar-refractivity contribution in [3.63, 3.8) is 0 Å². The molecule has 1 aromatic carbocycles. The Morgan fingerprint density at radius 1 is 1.37 bits per heavy atom. The van der Waals surface area contributed by atoms with Crippen LogP contribution < -0.4 is 10.6 Å². The Bertz CT molecular complexity index is 448. The molecule has 1 aromatic rings. The molecule has 4 nitrogen and oxygen atoms in total. The first-order chi connectivity index (χ1) is 9.11. The number of nitrogens with one attached hydrogen (secondary N) is 2. The highest BCUT2D eigenvalue weighted by atomic mass is 16.3. The lowest BCUT2D eigenvalue weighted by Crippen LogP contribution is -2.44. The van der Waals surface area contributed by atoms with Crippen molar-refractivity contribution >= 4 is 6.03 Å². The number of carbonyl (C=O) groups excluding carboxylic acids is 1. The van der Waals surface area contributed by atoms with Crippen molar-refractivity contribution in [3.8, 4) is 0 Å². The van der Waals surface area contributed by atoms with Crippen LogP contribution in [0, 0.1) is 0 Å².